The van der Waals surface area contributed by atoms with Crippen LogP contribution in [-0.2, 0) is 9.53 Å². The Morgan fingerprint density at radius 1 is 1.11 bits per heavy atom. The van der Waals surface area contributed by atoms with Gasteiger partial charge in [0.05, 0.1) is 6.42 Å². The maximum Gasteiger partial charge on any atom is 0.387 e. The first kappa shape index (κ1) is 19.8. The molecule has 5 rings (SSSR count). The molecule has 2 atom stereocenters. The van der Waals surface area contributed by atoms with Crippen molar-refractivity contribution < 1.29 is 27.8 Å². The van der Waals surface area contributed by atoms with Crippen LogP contribution in [0.2, 0.25) is 0 Å². The monoisotopic (exact) mass is 456 g/mol. The Kier molecular flexibility index (Phi) is 5.23. The van der Waals surface area contributed by atoms with Gasteiger partial charge in [0.2, 0.25) is 0 Å². The van der Waals surface area contributed by atoms with Gasteiger partial charge >= 0.3 is 12.6 Å². The average Bonchev–Trinajstić information content (AvgIpc) is 2.57. The molecule has 4 nitrogen and oxygen atoms in total. The lowest BCUT2D eigenvalue weighted by atomic mass is 9.49. The first-order chi connectivity index (χ1) is 13.2. The third kappa shape index (κ3) is 4.24. The number of ether oxygens (including phenoxy) is 2. The first-order valence-electron chi connectivity index (χ1n) is 9.67. The maximum atomic E-state index is 12.5. The zero-order valence-electron chi connectivity index (χ0n) is 15.5. The van der Waals surface area contributed by atoms with Gasteiger partial charge in [0.15, 0.2) is 12.4 Å². The third-order valence-electron chi connectivity index (χ3n) is 6.40. The van der Waals surface area contributed by atoms with E-state index in [0.29, 0.717) is 23.8 Å². The van der Waals surface area contributed by atoms with Gasteiger partial charge in [0.25, 0.3) is 0 Å². The topological polar surface area (TPSA) is 52.6 Å². The molecule has 0 spiro atoms. The van der Waals surface area contributed by atoms with E-state index in [1.807, 2.05) is 0 Å². The van der Waals surface area contributed by atoms with Crippen LogP contribution in [-0.4, -0.2) is 29.3 Å². The quantitative estimate of drug-likeness (QED) is 0.323. The van der Waals surface area contributed by atoms with Crippen molar-refractivity contribution in [3.63, 3.8) is 0 Å². The van der Waals surface area contributed by atoms with Crippen molar-refractivity contribution in [2.45, 2.75) is 55.9 Å². The van der Waals surface area contributed by atoms with Gasteiger partial charge in [-0.05, 0) is 80.0 Å². The summed E-state index contributed by atoms with van der Waals surface area (Å²) in [4.78, 5) is 24.7. The van der Waals surface area contributed by atoms with E-state index in [1.54, 1.807) is 0 Å². The summed E-state index contributed by atoms with van der Waals surface area (Å²) in [6.07, 6.45) is 7.18. The predicted molar refractivity (Wildman–Crippen MR) is 102 cm³/mol. The molecule has 7 heteroatoms. The Hall–Kier alpha value is -1.50. The molecule has 4 aliphatic carbocycles. The average molecular weight is 457 g/mol. The number of carbonyl (C=O) groups excluding carboxylic acids is 2. The fourth-order valence-electron chi connectivity index (χ4n) is 5.95. The molecule has 0 aliphatic heterocycles. The molecule has 4 fully saturated rings. The first-order valence-corrected chi connectivity index (χ1v) is 10.5. The fourth-order valence-corrected chi connectivity index (χ4v) is 7.46. The minimum atomic E-state index is -2.91. The SMILES string of the molecule is O=C(CC12CC3CC(CC(Br)(C3)C1)C2)OCC(=O)c1ccc(OC(F)F)cc1. The molecule has 0 amide bonds. The number of ketones is 1. The molecule has 4 bridgehead atoms. The summed E-state index contributed by atoms with van der Waals surface area (Å²) in [6.45, 7) is -3.25. The van der Waals surface area contributed by atoms with E-state index in [0.717, 1.165) is 19.3 Å². The van der Waals surface area contributed by atoms with E-state index >= 15 is 0 Å². The van der Waals surface area contributed by atoms with Crippen molar-refractivity contribution >= 4 is 27.7 Å². The van der Waals surface area contributed by atoms with E-state index in [2.05, 4.69) is 20.7 Å². The number of alkyl halides is 3. The van der Waals surface area contributed by atoms with Gasteiger partial charge in [0.1, 0.15) is 5.75 Å². The van der Waals surface area contributed by atoms with Crippen LogP contribution >= 0.6 is 15.9 Å². The summed E-state index contributed by atoms with van der Waals surface area (Å²) in [5, 5.41) is 0. The molecule has 1 aromatic carbocycles. The van der Waals surface area contributed by atoms with Crippen molar-refractivity contribution in [3.05, 3.63) is 29.8 Å². The maximum absolute atomic E-state index is 12.5. The molecule has 28 heavy (non-hydrogen) atoms. The van der Waals surface area contributed by atoms with Gasteiger partial charge in [-0.3, -0.25) is 9.59 Å². The van der Waals surface area contributed by atoms with Gasteiger partial charge in [0, 0.05) is 9.89 Å². The Morgan fingerprint density at radius 2 is 1.75 bits per heavy atom. The van der Waals surface area contributed by atoms with Gasteiger partial charge in [-0.2, -0.15) is 8.78 Å². The molecular formula is C21H23BrF2O4. The summed E-state index contributed by atoms with van der Waals surface area (Å²) in [5.41, 5.74) is 0.297. The van der Waals surface area contributed by atoms with E-state index in [-0.39, 0.29) is 33.8 Å². The number of esters is 1. The van der Waals surface area contributed by atoms with Gasteiger partial charge in [-0.1, -0.05) is 15.9 Å². The number of carbonyl (C=O) groups is 2. The van der Waals surface area contributed by atoms with Crippen LogP contribution < -0.4 is 4.74 Å². The molecule has 1 aromatic rings. The van der Waals surface area contributed by atoms with Crippen LogP contribution in [0.15, 0.2) is 24.3 Å². The molecular weight excluding hydrogens is 434 g/mol. The lowest BCUT2D eigenvalue weighted by Gasteiger charge is -2.60. The van der Waals surface area contributed by atoms with Crippen molar-refractivity contribution in [1.82, 2.24) is 0 Å². The van der Waals surface area contributed by atoms with E-state index in [9.17, 15) is 18.4 Å². The van der Waals surface area contributed by atoms with E-state index in [1.165, 1.54) is 43.5 Å². The number of benzene rings is 1. The van der Waals surface area contributed by atoms with Crippen LogP contribution in [0.3, 0.4) is 0 Å². The molecule has 0 heterocycles. The Balaban J connectivity index is 1.30. The highest BCUT2D eigenvalue weighted by molar-refractivity contribution is 9.10. The summed E-state index contributed by atoms with van der Waals surface area (Å²) >= 11 is 3.93. The summed E-state index contributed by atoms with van der Waals surface area (Å²) < 4.78 is 34.0. The van der Waals surface area contributed by atoms with Crippen LogP contribution in [0.1, 0.15) is 55.3 Å². The fraction of sp³-hybridized carbons (Fsp3) is 0.619. The Morgan fingerprint density at radius 3 is 2.32 bits per heavy atom. The normalized spacial score (nSPS) is 33.1. The van der Waals surface area contributed by atoms with E-state index < -0.39 is 6.61 Å². The van der Waals surface area contributed by atoms with Crippen molar-refractivity contribution in [2.75, 3.05) is 6.61 Å². The zero-order valence-corrected chi connectivity index (χ0v) is 17.1. The molecule has 152 valence electrons. The molecule has 4 saturated carbocycles. The largest absolute Gasteiger partial charge is 0.457 e. The minimum Gasteiger partial charge on any atom is -0.457 e. The summed E-state index contributed by atoms with van der Waals surface area (Å²) in [6, 6.07) is 5.38. The second-order valence-corrected chi connectivity index (χ2v) is 10.5. The molecule has 0 saturated heterocycles. The lowest BCUT2D eigenvalue weighted by Crippen LogP contribution is -2.53. The van der Waals surface area contributed by atoms with Crippen LogP contribution in [0.4, 0.5) is 8.78 Å². The van der Waals surface area contributed by atoms with Gasteiger partial charge < -0.3 is 9.47 Å². The molecule has 4 aliphatic rings. The van der Waals surface area contributed by atoms with Crippen molar-refractivity contribution in [1.29, 1.82) is 0 Å². The van der Waals surface area contributed by atoms with Crippen molar-refractivity contribution in [2.24, 2.45) is 17.3 Å². The standard InChI is InChI=1S/C21H23BrF2O4/c22-21-8-13-5-14(9-21)7-20(6-13,12-21)10-18(26)27-11-17(25)15-1-3-16(4-2-15)28-19(23)24/h1-4,13-14,19H,5-12H2. The molecule has 0 radical (unpaired) electrons. The number of Topliss-reactive ketones (excluding diaryl/α,β-unsaturated/α-hetero) is 1. The minimum absolute atomic E-state index is 0.00196. The molecule has 0 aromatic heterocycles. The smallest absolute Gasteiger partial charge is 0.387 e. The third-order valence-corrected chi connectivity index (χ3v) is 7.32. The highest BCUT2D eigenvalue weighted by Crippen LogP contribution is 2.65. The van der Waals surface area contributed by atoms with Gasteiger partial charge in [-0.15, -0.1) is 0 Å². The predicted octanol–water partition coefficient (Wildman–Crippen LogP) is 5.14. The van der Waals surface area contributed by atoms with E-state index in [4.69, 9.17) is 4.74 Å². The van der Waals surface area contributed by atoms with Crippen LogP contribution in [0.5, 0.6) is 5.75 Å². The zero-order chi connectivity index (χ0) is 19.9. The second-order valence-electron chi connectivity index (χ2n) is 8.78. The van der Waals surface area contributed by atoms with Crippen molar-refractivity contribution in [3.8, 4) is 5.75 Å². The number of rotatable bonds is 7. The van der Waals surface area contributed by atoms with Crippen LogP contribution in [0, 0.1) is 17.3 Å². The van der Waals surface area contributed by atoms with Gasteiger partial charge in [-0.25, -0.2) is 0 Å². The molecule has 2 unspecified atom stereocenters. The highest BCUT2D eigenvalue weighted by Gasteiger charge is 2.57. The number of hydrogen-bond acceptors (Lipinski definition) is 4. The summed E-state index contributed by atoms with van der Waals surface area (Å²) in [7, 11) is 0. The Bertz CT molecular complexity index is 750. The second kappa shape index (κ2) is 7.39. The lowest BCUT2D eigenvalue weighted by molar-refractivity contribution is -0.149. The van der Waals surface area contributed by atoms with Crippen LogP contribution in [0.25, 0.3) is 0 Å². The highest BCUT2D eigenvalue weighted by atomic mass is 79.9. The Labute approximate surface area is 171 Å². The molecule has 0 N–H and O–H groups in total. The number of halogens is 3. The summed E-state index contributed by atoms with van der Waals surface area (Å²) in [5.74, 6) is 0.658. The number of hydrogen-bond donors (Lipinski definition) is 0.